The number of aromatic nitrogens is 2. The number of ether oxygens (including phenoxy) is 1. The Labute approximate surface area is 195 Å². The molecule has 0 spiro atoms. The van der Waals surface area contributed by atoms with Crippen LogP contribution in [0.5, 0.6) is 5.75 Å². The highest BCUT2D eigenvalue weighted by molar-refractivity contribution is 7.80. The standard InChI is InChI=1S/C26H30N4OS/c1-2-31-21-15-13-20(14-16-21)30-25(24(28-26(30)32)22-11-6-7-17-27-22)23-12-8-18-29(23)19-9-4-3-5-10-19/h6-8,11-19,24-25H,2-5,9-10H2,1H3,(H,28,32). The predicted molar refractivity (Wildman–Crippen MR) is 132 cm³/mol. The third kappa shape index (κ3) is 3.99. The third-order valence-electron chi connectivity index (χ3n) is 6.61. The number of pyridine rings is 1. The van der Waals surface area contributed by atoms with Gasteiger partial charge >= 0.3 is 0 Å². The molecule has 0 bridgehead atoms. The van der Waals surface area contributed by atoms with E-state index in [2.05, 4.69) is 56.3 Å². The van der Waals surface area contributed by atoms with Gasteiger partial charge in [-0.1, -0.05) is 25.3 Å². The monoisotopic (exact) mass is 446 g/mol. The molecule has 6 heteroatoms. The van der Waals surface area contributed by atoms with Crippen molar-refractivity contribution < 1.29 is 4.74 Å². The van der Waals surface area contributed by atoms with Gasteiger partial charge in [-0.3, -0.25) is 4.98 Å². The zero-order chi connectivity index (χ0) is 21.9. The number of hydrogen-bond acceptors (Lipinski definition) is 3. The van der Waals surface area contributed by atoms with Crippen LogP contribution in [0.4, 0.5) is 5.69 Å². The van der Waals surface area contributed by atoms with E-state index in [9.17, 15) is 0 Å². The van der Waals surface area contributed by atoms with E-state index in [1.165, 1.54) is 37.8 Å². The van der Waals surface area contributed by atoms with Crippen molar-refractivity contribution in [2.75, 3.05) is 11.5 Å². The summed E-state index contributed by atoms with van der Waals surface area (Å²) in [4.78, 5) is 6.94. The van der Waals surface area contributed by atoms with Gasteiger partial charge in [0.2, 0.25) is 0 Å². The summed E-state index contributed by atoms with van der Waals surface area (Å²) in [5.41, 5.74) is 3.35. The lowest BCUT2D eigenvalue weighted by atomic mass is 9.94. The molecule has 0 amide bonds. The van der Waals surface area contributed by atoms with Gasteiger partial charge in [-0.2, -0.15) is 0 Å². The molecule has 5 rings (SSSR count). The minimum absolute atomic E-state index is 0.0206. The first-order valence-electron chi connectivity index (χ1n) is 11.7. The summed E-state index contributed by atoms with van der Waals surface area (Å²) in [5.74, 6) is 0.873. The molecule has 2 aromatic heterocycles. The molecule has 2 unspecified atom stereocenters. The topological polar surface area (TPSA) is 42.3 Å². The van der Waals surface area contributed by atoms with Crippen LogP contribution in [0.15, 0.2) is 67.0 Å². The molecule has 1 aromatic carbocycles. The lowest BCUT2D eigenvalue weighted by Crippen LogP contribution is -2.31. The van der Waals surface area contributed by atoms with E-state index in [4.69, 9.17) is 17.0 Å². The van der Waals surface area contributed by atoms with Crippen LogP contribution in [-0.2, 0) is 0 Å². The molecule has 3 aromatic rings. The molecule has 2 aliphatic rings. The summed E-state index contributed by atoms with van der Waals surface area (Å²) in [5, 5.41) is 4.31. The smallest absolute Gasteiger partial charge is 0.174 e. The first-order valence-corrected chi connectivity index (χ1v) is 12.1. The Kier molecular flexibility index (Phi) is 6.12. The molecule has 1 saturated heterocycles. The number of rotatable bonds is 6. The highest BCUT2D eigenvalue weighted by Crippen LogP contribution is 2.43. The zero-order valence-corrected chi connectivity index (χ0v) is 19.3. The molecule has 1 aliphatic heterocycles. The van der Waals surface area contributed by atoms with Gasteiger partial charge in [0, 0.05) is 29.8 Å². The van der Waals surface area contributed by atoms with Crippen molar-refractivity contribution in [1.29, 1.82) is 0 Å². The van der Waals surface area contributed by atoms with E-state index in [0.717, 1.165) is 22.2 Å². The summed E-state index contributed by atoms with van der Waals surface area (Å²) in [6, 6.07) is 19.3. The molecular weight excluding hydrogens is 416 g/mol. The minimum Gasteiger partial charge on any atom is -0.494 e. The largest absolute Gasteiger partial charge is 0.494 e. The molecule has 2 fully saturated rings. The van der Waals surface area contributed by atoms with Crippen molar-refractivity contribution in [3.8, 4) is 5.75 Å². The van der Waals surface area contributed by atoms with Gasteiger partial charge in [0.15, 0.2) is 5.11 Å². The van der Waals surface area contributed by atoms with E-state index in [-0.39, 0.29) is 12.1 Å². The molecule has 3 heterocycles. The maximum absolute atomic E-state index is 5.88. The number of nitrogens with zero attached hydrogens (tertiary/aromatic N) is 3. The lowest BCUT2D eigenvalue weighted by molar-refractivity contribution is 0.339. The van der Waals surface area contributed by atoms with Crippen LogP contribution in [0.25, 0.3) is 0 Å². The van der Waals surface area contributed by atoms with Gasteiger partial charge in [0.25, 0.3) is 0 Å². The Morgan fingerprint density at radius 2 is 1.84 bits per heavy atom. The van der Waals surface area contributed by atoms with E-state index in [0.29, 0.717) is 12.6 Å². The van der Waals surface area contributed by atoms with Crippen LogP contribution in [0.3, 0.4) is 0 Å². The summed E-state index contributed by atoms with van der Waals surface area (Å²) >= 11 is 5.88. The Hall–Kier alpha value is -2.86. The normalized spacial score (nSPS) is 21.5. The van der Waals surface area contributed by atoms with Gasteiger partial charge in [-0.15, -0.1) is 0 Å². The average Bonchev–Trinajstić information content (AvgIpc) is 3.45. The van der Waals surface area contributed by atoms with Crippen LogP contribution in [-0.4, -0.2) is 21.3 Å². The second kappa shape index (κ2) is 9.33. The molecule has 166 valence electrons. The Bertz CT molecular complexity index is 1040. The Morgan fingerprint density at radius 1 is 1.03 bits per heavy atom. The number of anilines is 1. The molecule has 0 radical (unpaired) electrons. The van der Waals surface area contributed by atoms with Crippen LogP contribution in [0.1, 0.15) is 68.5 Å². The van der Waals surface area contributed by atoms with Crippen LogP contribution in [0, 0.1) is 0 Å². The third-order valence-corrected chi connectivity index (χ3v) is 6.92. The number of hydrogen-bond donors (Lipinski definition) is 1. The van der Waals surface area contributed by atoms with E-state index in [1.54, 1.807) is 0 Å². The van der Waals surface area contributed by atoms with Crippen molar-refractivity contribution >= 4 is 23.0 Å². The van der Waals surface area contributed by atoms with Crippen molar-refractivity contribution in [3.05, 3.63) is 78.4 Å². The summed E-state index contributed by atoms with van der Waals surface area (Å²) in [7, 11) is 0. The van der Waals surface area contributed by atoms with Gasteiger partial charge in [-0.25, -0.2) is 0 Å². The quantitative estimate of drug-likeness (QED) is 0.473. The second-order valence-corrected chi connectivity index (χ2v) is 8.94. The number of thiocarbonyl (C=S) groups is 1. The molecule has 1 N–H and O–H groups in total. The van der Waals surface area contributed by atoms with Crippen molar-refractivity contribution in [3.63, 3.8) is 0 Å². The first-order chi connectivity index (χ1) is 15.8. The molecule has 1 aliphatic carbocycles. The van der Waals surface area contributed by atoms with Crippen LogP contribution in [0.2, 0.25) is 0 Å². The van der Waals surface area contributed by atoms with Crippen molar-refractivity contribution in [1.82, 2.24) is 14.9 Å². The van der Waals surface area contributed by atoms with Gasteiger partial charge in [-0.05, 0) is 80.5 Å². The maximum atomic E-state index is 5.88. The maximum Gasteiger partial charge on any atom is 0.174 e. The zero-order valence-electron chi connectivity index (χ0n) is 18.5. The fourth-order valence-electron chi connectivity index (χ4n) is 5.15. The predicted octanol–water partition coefficient (Wildman–Crippen LogP) is 5.96. The molecular formula is C26H30N4OS. The Morgan fingerprint density at radius 3 is 2.56 bits per heavy atom. The summed E-state index contributed by atoms with van der Waals surface area (Å²) in [6.45, 7) is 2.66. The van der Waals surface area contributed by atoms with E-state index >= 15 is 0 Å². The summed E-state index contributed by atoms with van der Waals surface area (Å²) in [6.07, 6.45) is 10.5. The fourth-order valence-corrected chi connectivity index (χ4v) is 5.50. The second-order valence-electron chi connectivity index (χ2n) is 8.56. The highest BCUT2D eigenvalue weighted by atomic mass is 32.1. The SMILES string of the molecule is CCOc1ccc(N2C(=S)NC(c3ccccn3)C2c2cccn2C2CCCCC2)cc1. The molecule has 5 nitrogen and oxygen atoms in total. The Balaban J connectivity index is 1.57. The summed E-state index contributed by atoms with van der Waals surface area (Å²) < 4.78 is 8.15. The van der Waals surface area contributed by atoms with Gasteiger partial charge in [0.1, 0.15) is 11.8 Å². The van der Waals surface area contributed by atoms with Gasteiger partial charge < -0.3 is 19.5 Å². The average molecular weight is 447 g/mol. The molecule has 1 saturated carbocycles. The van der Waals surface area contributed by atoms with Gasteiger partial charge in [0.05, 0.1) is 18.3 Å². The lowest BCUT2D eigenvalue weighted by Gasteiger charge is -2.32. The minimum atomic E-state index is -0.0208. The van der Waals surface area contributed by atoms with Crippen molar-refractivity contribution in [2.24, 2.45) is 0 Å². The fraction of sp³-hybridized carbons (Fsp3) is 0.385. The molecule has 32 heavy (non-hydrogen) atoms. The highest BCUT2D eigenvalue weighted by Gasteiger charge is 2.42. The van der Waals surface area contributed by atoms with Crippen LogP contribution < -0.4 is 15.0 Å². The van der Waals surface area contributed by atoms with Crippen LogP contribution >= 0.6 is 12.2 Å². The van der Waals surface area contributed by atoms with E-state index < -0.39 is 0 Å². The number of nitrogens with one attached hydrogen (secondary N) is 1. The number of benzene rings is 1. The molecule has 2 atom stereocenters. The van der Waals surface area contributed by atoms with E-state index in [1.807, 2.05) is 37.4 Å². The van der Waals surface area contributed by atoms with Crippen molar-refractivity contribution in [2.45, 2.75) is 57.2 Å². The first kappa shape index (κ1) is 21.0.